The molecule has 0 N–H and O–H groups in total. The fourth-order valence-corrected chi connectivity index (χ4v) is 3.78. The van der Waals surface area contributed by atoms with Crippen LogP contribution in [0.2, 0.25) is 10.0 Å². The van der Waals surface area contributed by atoms with E-state index in [4.69, 9.17) is 23.2 Å². The number of benzene rings is 2. The van der Waals surface area contributed by atoms with Crippen LogP contribution in [-0.4, -0.2) is 18.8 Å². The van der Waals surface area contributed by atoms with Crippen molar-refractivity contribution in [1.82, 2.24) is 0 Å². The second-order valence-corrected chi connectivity index (χ2v) is 8.03. The summed E-state index contributed by atoms with van der Waals surface area (Å²) >= 11 is 12.1. The predicted molar refractivity (Wildman–Crippen MR) is 106 cm³/mol. The number of fused-ring (bicyclic) bond motifs is 1. The number of aliphatic imine (C=N–C) groups is 1. The van der Waals surface area contributed by atoms with Crippen LogP contribution in [0.4, 0.5) is 15.8 Å². The van der Waals surface area contributed by atoms with E-state index in [-0.39, 0.29) is 11.4 Å². The standard InChI is InChI=1S/C20H21Cl2FN2/c1-12-10-20(2,3)25(4)18-9-16(23)13(8-14(12)18)11-24-17-7-5-6-15(21)19(17)22/h5-9,11-12H,10H2,1-4H3. The molecule has 0 aromatic heterocycles. The molecule has 1 aliphatic heterocycles. The Labute approximate surface area is 158 Å². The Kier molecular flexibility index (Phi) is 4.82. The number of hydrogen-bond donors (Lipinski definition) is 0. The third kappa shape index (κ3) is 3.40. The first-order valence-corrected chi connectivity index (χ1v) is 9.01. The van der Waals surface area contributed by atoms with Crippen LogP contribution in [0.25, 0.3) is 0 Å². The van der Waals surface area contributed by atoms with Gasteiger partial charge >= 0.3 is 0 Å². The van der Waals surface area contributed by atoms with Crippen LogP contribution in [0.3, 0.4) is 0 Å². The molecule has 1 aliphatic rings. The monoisotopic (exact) mass is 378 g/mol. The van der Waals surface area contributed by atoms with E-state index in [1.54, 1.807) is 24.3 Å². The lowest BCUT2D eigenvalue weighted by atomic mass is 9.80. The Morgan fingerprint density at radius 1 is 1.28 bits per heavy atom. The van der Waals surface area contributed by atoms with Crippen molar-refractivity contribution in [2.45, 2.75) is 38.6 Å². The molecule has 25 heavy (non-hydrogen) atoms. The quantitative estimate of drug-likeness (QED) is 0.537. The van der Waals surface area contributed by atoms with Gasteiger partial charge in [-0.2, -0.15) is 0 Å². The minimum atomic E-state index is -0.294. The molecule has 2 aromatic rings. The van der Waals surface area contributed by atoms with Crippen LogP contribution < -0.4 is 4.90 Å². The minimum absolute atomic E-state index is 0.00275. The van der Waals surface area contributed by atoms with Crippen LogP contribution in [0, 0.1) is 5.82 Å². The van der Waals surface area contributed by atoms with Gasteiger partial charge in [0.15, 0.2) is 0 Å². The van der Waals surface area contributed by atoms with Gasteiger partial charge in [0, 0.05) is 30.1 Å². The second kappa shape index (κ2) is 6.62. The van der Waals surface area contributed by atoms with Gasteiger partial charge in [-0.25, -0.2) is 4.39 Å². The molecule has 1 unspecified atom stereocenters. The van der Waals surface area contributed by atoms with Crippen molar-refractivity contribution in [3.63, 3.8) is 0 Å². The molecule has 0 aliphatic carbocycles. The maximum absolute atomic E-state index is 14.6. The van der Waals surface area contributed by atoms with Gasteiger partial charge in [0.2, 0.25) is 0 Å². The summed E-state index contributed by atoms with van der Waals surface area (Å²) in [5.41, 5.74) is 3.07. The second-order valence-electron chi connectivity index (χ2n) is 7.24. The van der Waals surface area contributed by atoms with Crippen molar-refractivity contribution in [2.24, 2.45) is 4.99 Å². The van der Waals surface area contributed by atoms with Gasteiger partial charge in [0.1, 0.15) is 5.82 Å². The zero-order chi connectivity index (χ0) is 18.4. The topological polar surface area (TPSA) is 15.6 Å². The molecule has 0 fully saturated rings. The first kappa shape index (κ1) is 18.2. The lowest BCUT2D eigenvalue weighted by Crippen LogP contribution is -2.45. The Morgan fingerprint density at radius 3 is 2.72 bits per heavy atom. The molecule has 0 bridgehead atoms. The van der Waals surface area contributed by atoms with Gasteiger partial charge < -0.3 is 4.90 Å². The van der Waals surface area contributed by atoms with Gasteiger partial charge in [0.05, 0.1) is 15.7 Å². The Bertz CT molecular complexity index is 846. The molecule has 1 heterocycles. The van der Waals surface area contributed by atoms with Crippen molar-refractivity contribution >= 4 is 40.8 Å². The SMILES string of the molecule is CC1CC(C)(C)N(C)c2cc(F)c(C=Nc3cccc(Cl)c3Cl)cc21. The van der Waals surface area contributed by atoms with Crippen LogP contribution in [-0.2, 0) is 0 Å². The van der Waals surface area contributed by atoms with Crippen molar-refractivity contribution in [2.75, 3.05) is 11.9 Å². The Morgan fingerprint density at radius 2 is 2.00 bits per heavy atom. The summed E-state index contributed by atoms with van der Waals surface area (Å²) in [4.78, 5) is 6.48. The normalized spacial score (nSPS) is 19.3. The fraction of sp³-hybridized carbons (Fsp3) is 0.350. The molecule has 3 rings (SSSR count). The summed E-state index contributed by atoms with van der Waals surface area (Å²) in [6.45, 7) is 6.54. The highest BCUT2D eigenvalue weighted by atomic mass is 35.5. The van der Waals surface area contributed by atoms with E-state index in [1.807, 2.05) is 13.1 Å². The minimum Gasteiger partial charge on any atom is -0.369 e. The summed E-state index contributed by atoms with van der Waals surface area (Å²) in [6.07, 6.45) is 2.53. The van der Waals surface area contributed by atoms with E-state index in [1.165, 1.54) is 6.21 Å². The fourth-order valence-electron chi connectivity index (χ4n) is 3.43. The molecule has 0 saturated carbocycles. The molecule has 0 saturated heterocycles. The highest BCUT2D eigenvalue weighted by molar-refractivity contribution is 6.43. The van der Waals surface area contributed by atoms with E-state index in [9.17, 15) is 4.39 Å². The maximum atomic E-state index is 14.6. The van der Waals surface area contributed by atoms with Crippen molar-refractivity contribution < 1.29 is 4.39 Å². The third-order valence-corrected chi connectivity index (χ3v) is 5.83. The largest absolute Gasteiger partial charge is 0.369 e. The summed E-state index contributed by atoms with van der Waals surface area (Å²) in [7, 11) is 2.02. The molecule has 2 nitrogen and oxygen atoms in total. The van der Waals surface area contributed by atoms with E-state index in [0.29, 0.717) is 27.2 Å². The first-order chi connectivity index (χ1) is 11.7. The number of rotatable bonds is 2. The molecule has 132 valence electrons. The lowest BCUT2D eigenvalue weighted by molar-refractivity contribution is 0.394. The first-order valence-electron chi connectivity index (χ1n) is 8.26. The van der Waals surface area contributed by atoms with Gasteiger partial charge in [-0.15, -0.1) is 0 Å². The molecule has 1 atom stereocenters. The van der Waals surface area contributed by atoms with Gasteiger partial charge in [0.25, 0.3) is 0 Å². The van der Waals surface area contributed by atoms with E-state index < -0.39 is 0 Å². The van der Waals surface area contributed by atoms with Gasteiger partial charge in [-0.05, 0) is 56.0 Å². The average Bonchev–Trinajstić information content (AvgIpc) is 2.54. The zero-order valence-electron chi connectivity index (χ0n) is 14.8. The van der Waals surface area contributed by atoms with E-state index in [0.717, 1.165) is 17.7 Å². The van der Waals surface area contributed by atoms with Crippen LogP contribution in [0.5, 0.6) is 0 Å². The molecule has 5 heteroatoms. The number of hydrogen-bond acceptors (Lipinski definition) is 2. The van der Waals surface area contributed by atoms with Gasteiger partial charge in [-0.1, -0.05) is 36.2 Å². The Hall–Kier alpha value is -1.58. The average molecular weight is 379 g/mol. The predicted octanol–water partition coefficient (Wildman–Crippen LogP) is 6.61. The molecular weight excluding hydrogens is 358 g/mol. The molecule has 2 aromatic carbocycles. The zero-order valence-corrected chi connectivity index (χ0v) is 16.3. The highest BCUT2D eigenvalue weighted by Gasteiger charge is 2.34. The smallest absolute Gasteiger partial charge is 0.134 e. The van der Waals surface area contributed by atoms with Crippen LogP contribution >= 0.6 is 23.2 Å². The molecule has 0 radical (unpaired) electrons. The van der Waals surface area contributed by atoms with E-state index in [2.05, 4.69) is 30.7 Å². The molecule has 0 amide bonds. The molecular formula is C20H21Cl2FN2. The summed E-state index contributed by atoms with van der Waals surface area (Å²) in [6, 6.07) is 8.71. The lowest BCUT2D eigenvalue weighted by Gasteiger charge is -2.45. The van der Waals surface area contributed by atoms with Crippen molar-refractivity contribution in [3.05, 3.63) is 57.3 Å². The highest BCUT2D eigenvalue weighted by Crippen LogP contribution is 2.43. The van der Waals surface area contributed by atoms with Crippen LogP contribution in [0.1, 0.15) is 44.2 Å². The van der Waals surface area contributed by atoms with Crippen LogP contribution in [0.15, 0.2) is 35.3 Å². The number of anilines is 1. The molecule has 0 spiro atoms. The number of halogens is 3. The third-order valence-electron chi connectivity index (χ3n) is 5.03. The maximum Gasteiger partial charge on any atom is 0.134 e. The number of nitrogens with zero attached hydrogens (tertiary/aromatic N) is 2. The van der Waals surface area contributed by atoms with Crippen molar-refractivity contribution in [3.8, 4) is 0 Å². The Balaban J connectivity index is 2.01. The summed E-state index contributed by atoms with van der Waals surface area (Å²) in [5.74, 6) is 0.0566. The van der Waals surface area contributed by atoms with Gasteiger partial charge in [-0.3, -0.25) is 4.99 Å². The van der Waals surface area contributed by atoms with Crippen molar-refractivity contribution in [1.29, 1.82) is 0 Å². The summed E-state index contributed by atoms with van der Waals surface area (Å²) in [5, 5.41) is 0.799. The summed E-state index contributed by atoms with van der Waals surface area (Å²) < 4.78 is 14.6. The van der Waals surface area contributed by atoms with E-state index >= 15 is 0 Å².